The van der Waals surface area contributed by atoms with Crippen LogP contribution in [0.4, 0.5) is 26.3 Å². The molecule has 2 atom stereocenters. The smallest absolute Gasteiger partial charge is 0.428 e. The van der Waals surface area contributed by atoms with Gasteiger partial charge in [0.2, 0.25) is 6.10 Å². The lowest BCUT2D eigenvalue weighted by molar-refractivity contribution is -0.229. The first-order chi connectivity index (χ1) is 19.1. The molecule has 0 bridgehead atoms. The molecule has 0 saturated heterocycles. The Bertz CT molecular complexity index is 1410. The summed E-state index contributed by atoms with van der Waals surface area (Å²) in [6.45, 7) is 3.81. The van der Waals surface area contributed by atoms with Gasteiger partial charge < -0.3 is 14.2 Å². The number of rotatable bonds is 10. The highest BCUT2D eigenvalue weighted by atomic mass is 32.2. The number of halogens is 6. The number of esters is 1. The molecule has 41 heavy (non-hydrogen) atoms. The highest BCUT2D eigenvalue weighted by Crippen LogP contribution is 2.33. The number of carbonyl (C=O) groups is 1. The predicted octanol–water partition coefficient (Wildman–Crippen LogP) is 6.56. The second kappa shape index (κ2) is 12.9. The molecule has 0 aliphatic carbocycles. The summed E-state index contributed by atoms with van der Waals surface area (Å²) in [5.74, 6) is -2.09. The van der Waals surface area contributed by atoms with Gasteiger partial charge in [-0.25, -0.2) is 4.98 Å². The summed E-state index contributed by atoms with van der Waals surface area (Å²) in [5.41, 5.74) is -1.18. The van der Waals surface area contributed by atoms with Crippen molar-refractivity contribution >= 4 is 17.7 Å². The van der Waals surface area contributed by atoms with Crippen LogP contribution in [0.2, 0.25) is 0 Å². The van der Waals surface area contributed by atoms with Crippen LogP contribution in [0.15, 0.2) is 69.6 Å². The largest absolute Gasteiger partial charge is 0.493 e. The van der Waals surface area contributed by atoms with Gasteiger partial charge in [-0.15, -0.1) is 0 Å². The maximum absolute atomic E-state index is 13.5. The number of carbonyl (C=O) groups excluding carboxylic acids is 1. The summed E-state index contributed by atoms with van der Waals surface area (Å²) in [7, 11) is 1.25. The molecule has 2 aromatic carbocycles. The van der Waals surface area contributed by atoms with Crippen molar-refractivity contribution in [1.29, 1.82) is 0 Å². The maximum atomic E-state index is 13.5. The molecule has 0 radical (unpaired) electrons. The number of methoxy groups -OCH3 is 1. The first-order valence-corrected chi connectivity index (χ1v) is 12.9. The Hall–Kier alpha value is -3.68. The number of hydrogen-bond donors (Lipinski definition) is 0. The molecule has 14 heteroatoms. The van der Waals surface area contributed by atoms with Gasteiger partial charge in [-0.1, -0.05) is 32.5 Å². The molecule has 1 unspecified atom stereocenters. The van der Waals surface area contributed by atoms with E-state index in [1.807, 2.05) is 0 Å². The van der Waals surface area contributed by atoms with Gasteiger partial charge in [-0.3, -0.25) is 14.2 Å². The highest BCUT2D eigenvalue weighted by molar-refractivity contribution is 7.99. The quantitative estimate of drug-likeness (QED) is 0.192. The number of aromatic nitrogens is 2. The van der Waals surface area contributed by atoms with E-state index in [2.05, 4.69) is 9.72 Å². The molecule has 3 aromatic rings. The van der Waals surface area contributed by atoms with E-state index in [4.69, 9.17) is 9.47 Å². The van der Waals surface area contributed by atoms with Gasteiger partial charge in [0, 0.05) is 23.4 Å². The minimum Gasteiger partial charge on any atom is -0.493 e. The SMILES string of the molecule is COc1cc(-n2ccnc(Sc3ccc(C(F)(F)F)cc3)c2=O)ccc1OCC(OC(=O)[C@@H](C)C(C)C)C(F)(F)F. The first-order valence-electron chi connectivity index (χ1n) is 12.1. The van der Waals surface area contributed by atoms with E-state index < -0.39 is 48.1 Å². The van der Waals surface area contributed by atoms with Crippen molar-refractivity contribution in [1.82, 2.24) is 9.55 Å². The van der Waals surface area contributed by atoms with E-state index in [1.54, 1.807) is 13.8 Å². The van der Waals surface area contributed by atoms with E-state index in [1.165, 1.54) is 61.3 Å². The summed E-state index contributed by atoms with van der Waals surface area (Å²) >= 11 is 0.862. The fourth-order valence-corrected chi connectivity index (χ4v) is 4.09. The Morgan fingerprint density at radius 3 is 2.22 bits per heavy atom. The Morgan fingerprint density at radius 2 is 1.66 bits per heavy atom. The van der Waals surface area contributed by atoms with E-state index in [0.717, 1.165) is 23.9 Å². The summed E-state index contributed by atoms with van der Waals surface area (Å²) in [6, 6.07) is 8.24. The number of alkyl halides is 6. The number of benzene rings is 2. The number of ether oxygens (including phenoxy) is 3. The molecule has 0 saturated carbocycles. The zero-order valence-corrected chi connectivity index (χ0v) is 23.1. The average molecular weight is 605 g/mol. The van der Waals surface area contributed by atoms with Gasteiger partial charge in [0.1, 0.15) is 6.61 Å². The zero-order chi connectivity index (χ0) is 30.5. The number of nitrogens with zero attached hydrogens (tertiary/aromatic N) is 2. The van der Waals surface area contributed by atoms with E-state index >= 15 is 0 Å². The lowest BCUT2D eigenvalue weighted by Crippen LogP contribution is -2.40. The van der Waals surface area contributed by atoms with Crippen LogP contribution in [0.1, 0.15) is 26.3 Å². The van der Waals surface area contributed by atoms with Gasteiger partial charge in [-0.2, -0.15) is 26.3 Å². The van der Waals surface area contributed by atoms with Crippen LogP contribution in [-0.2, 0) is 15.7 Å². The first kappa shape index (κ1) is 31.8. The minimum atomic E-state index is -4.88. The fraction of sp³-hybridized carbons (Fsp3) is 0.370. The van der Waals surface area contributed by atoms with Crippen LogP contribution in [0.5, 0.6) is 11.5 Å². The van der Waals surface area contributed by atoms with Gasteiger partial charge in [0.05, 0.1) is 24.3 Å². The average Bonchev–Trinajstić information content (AvgIpc) is 2.90. The van der Waals surface area contributed by atoms with Gasteiger partial charge in [0.25, 0.3) is 5.56 Å². The van der Waals surface area contributed by atoms with Crippen molar-refractivity contribution in [3.05, 3.63) is 70.8 Å². The van der Waals surface area contributed by atoms with E-state index in [9.17, 15) is 35.9 Å². The summed E-state index contributed by atoms with van der Waals surface area (Å²) in [6.07, 6.45) is -9.26. The molecule has 222 valence electrons. The monoisotopic (exact) mass is 604 g/mol. The highest BCUT2D eigenvalue weighted by Gasteiger charge is 2.44. The van der Waals surface area contributed by atoms with E-state index in [-0.39, 0.29) is 28.1 Å². The van der Waals surface area contributed by atoms with Crippen LogP contribution >= 0.6 is 11.8 Å². The molecule has 0 spiro atoms. The topological polar surface area (TPSA) is 79.7 Å². The maximum Gasteiger partial charge on any atom is 0.428 e. The third-order valence-electron chi connectivity index (χ3n) is 6.02. The molecule has 3 rings (SSSR count). The lowest BCUT2D eigenvalue weighted by atomic mass is 9.98. The molecular formula is C27H26F6N2O5S. The second-order valence-corrected chi connectivity index (χ2v) is 10.2. The Labute approximate surface area is 235 Å². The molecule has 0 amide bonds. The van der Waals surface area contributed by atoms with E-state index in [0.29, 0.717) is 4.90 Å². The van der Waals surface area contributed by atoms with Crippen molar-refractivity contribution in [2.24, 2.45) is 11.8 Å². The summed E-state index contributed by atoms with van der Waals surface area (Å²) in [4.78, 5) is 29.6. The third kappa shape index (κ3) is 8.18. The van der Waals surface area contributed by atoms with Crippen molar-refractivity contribution in [2.75, 3.05) is 13.7 Å². The van der Waals surface area contributed by atoms with Crippen LogP contribution in [0, 0.1) is 11.8 Å². The molecule has 7 nitrogen and oxygen atoms in total. The molecule has 1 aromatic heterocycles. The Morgan fingerprint density at radius 1 is 1.00 bits per heavy atom. The Balaban J connectivity index is 1.81. The van der Waals surface area contributed by atoms with Crippen molar-refractivity contribution in [2.45, 2.75) is 49.1 Å². The molecule has 0 N–H and O–H groups in total. The van der Waals surface area contributed by atoms with Gasteiger partial charge >= 0.3 is 18.3 Å². The van der Waals surface area contributed by atoms with Gasteiger partial charge in [-0.05, 0) is 42.3 Å². The van der Waals surface area contributed by atoms with Crippen LogP contribution in [0.3, 0.4) is 0 Å². The molecular weight excluding hydrogens is 578 g/mol. The predicted molar refractivity (Wildman–Crippen MR) is 137 cm³/mol. The Kier molecular flexibility index (Phi) is 10.0. The molecule has 1 heterocycles. The molecule has 0 aliphatic heterocycles. The van der Waals surface area contributed by atoms with Crippen LogP contribution in [0.25, 0.3) is 5.69 Å². The van der Waals surface area contributed by atoms with Gasteiger partial charge in [0.15, 0.2) is 16.5 Å². The standard InChI is InChI=1S/C27H26F6N2O5S/c1-15(2)16(3)25(37)40-22(27(31,32)33)14-39-20-10-7-18(13-21(20)38-4)35-12-11-34-23(24(35)36)41-19-8-5-17(6-9-19)26(28,29)30/h5-13,15-16,22H,14H2,1-4H3/t16-,22?/m0/s1. The van der Waals surface area contributed by atoms with Crippen molar-refractivity contribution in [3.8, 4) is 17.2 Å². The fourth-order valence-electron chi connectivity index (χ4n) is 3.30. The summed E-state index contributed by atoms with van der Waals surface area (Å²) in [5, 5.41) is -0.0305. The number of hydrogen-bond acceptors (Lipinski definition) is 7. The molecule has 0 aliphatic rings. The third-order valence-corrected chi connectivity index (χ3v) is 7.00. The van der Waals surface area contributed by atoms with Crippen molar-refractivity contribution in [3.63, 3.8) is 0 Å². The van der Waals surface area contributed by atoms with Crippen molar-refractivity contribution < 1.29 is 45.3 Å². The minimum absolute atomic E-state index is 0.00838. The second-order valence-electron chi connectivity index (χ2n) is 9.18. The summed E-state index contributed by atoms with van der Waals surface area (Å²) < 4.78 is 95.5. The van der Waals surface area contributed by atoms with Crippen LogP contribution in [-0.4, -0.2) is 41.5 Å². The zero-order valence-electron chi connectivity index (χ0n) is 22.2. The normalized spacial score (nSPS) is 13.5. The molecule has 0 fully saturated rings. The van der Waals surface area contributed by atoms with Crippen LogP contribution < -0.4 is 15.0 Å². The lowest BCUT2D eigenvalue weighted by Gasteiger charge is -2.24.